The molecule has 3 heteroatoms. The number of hydrogen-bond acceptors (Lipinski definition) is 2. The summed E-state index contributed by atoms with van der Waals surface area (Å²) < 4.78 is 0. The lowest BCUT2D eigenvalue weighted by molar-refractivity contribution is -0.136. The summed E-state index contributed by atoms with van der Waals surface area (Å²) in [5.41, 5.74) is 5.96. The quantitative estimate of drug-likeness (QED) is 0.711. The minimum absolute atomic E-state index is 0.134. The Balaban J connectivity index is 4.71. The number of rotatable bonds is 8. The zero-order chi connectivity index (χ0) is 13.4. The molecular formula is C14H30N2O. The van der Waals surface area contributed by atoms with E-state index in [1.165, 1.54) is 0 Å². The maximum atomic E-state index is 12.3. The summed E-state index contributed by atoms with van der Waals surface area (Å²) in [6.45, 7) is 11.5. The normalized spacial score (nSPS) is 13.2. The lowest BCUT2D eigenvalue weighted by Gasteiger charge is -2.34. The van der Waals surface area contributed by atoms with Crippen LogP contribution in [0.25, 0.3) is 0 Å². The van der Waals surface area contributed by atoms with Crippen molar-refractivity contribution in [2.45, 2.75) is 72.4 Å². The Morgan fingerprint density at radius 3 is 2.06 bits per heavy atom. The fourth-order valence-electron chi connectivity index (χ4n) is 2.19. The van der Waals surface area contributed by atoms with Crippen LogP contribution in [0.15, 0.2) is 0 Å². The predicted molar refractivity (Wildman–Crippen MR) is 73.8 cm³/mol. The molecule has 0 aromatic heterocycles. The van der Waals surface area contributed by atoms with Gasteiger partial charge in [-0.05, 0) is 25.2 Å². The Bertz CT molecular complexity index is 212. The van der Waals surface area contributed by atoms with Crippen LogP contribution in [0, 0.1) is 5.92 Å². The van der Waals surface area contributed by atoms with E-state index in [2.05, 4.69) is 34.6 Å². The number of carbonyl (C=O) groups excluding carboxylic acids is 1. The van der Waals surface area contributed by atoms with Gasteiger partial charge in [-0.25, -0.2) is 0 Å². The molecule has 0 saturated heterocycles. The number of nitrogens with zero attached hydrogens (tertiary/aromatic N) is 1. The number of hydrogen-bond donors (Lipinski definition) is 1. The molecule has 0 aliphatic rings. The Labute approximate surface area is 107 Å². The zero-order valence-electron chi connectivity index (χ0n) is 12.2. The first-order valence-corrected chi connectivity index (χ1v) is 7.03. The van der Waals surface area contributed by atoms with Gasteiger partial charge in [-0.15, -0.1) is 0 Å². The van der Waals surface area contributed by atoms with Crippen molar-refractivity contribution in [3.8, 4) is 0 Å². The van der Waals surface area contributed by atoms with Gasteiger partial charge in [-0.2, -0.15) is 0 Å². The second-order valence-corrected chi connectivity index (χ2v) is 5.25. The molecule has 0 fully saturated rings. The first-order chi connectivity index (χ1) is 7.97. The van der Waals surface area contributed by atoms with Gasteiger partial charge in [0.25, 0.3) is 0 Å². The van der Waals surface area contributed by atoms with Gasteiger partial charge in [-0.3, -0.25) is 4.79 Å². The van der Waals surface area contributed by atoms with E-state index in [4.69, 9.17) is 5.73 Å². The predicted octanol–water partition coefficient (Wildman–Crippen LogP) is 2.79. The fourth-order valence-corrected chi connectivity index (χ4v) is 2.19. The molecule has 0 aromatic carbocycles. The highest BCUT2D eigenvalue weighted by Gasteiger charge is 2.25. The van der Waals surface area contributed by atoms with E-state index in [9.17, 15) is 4.79 Å². The standard InChI is InChI=1S/C14H30N2O/c1-6-9-13(15)14(17)16(10-11(4)5)12(7-2)8-3/h11-13H,6-10,15H2,1-5H3/t13-/m0/s1. The van der Waals surface area contributed by atoms with Crippen molar-refractivity contribution in [1.29, 1.82) is 0 Å². The van der Waals surface area contributed by atoms with Crippen molar-refractivity contribution in [2.75, 3.05) is 6.54 Å². The molecule has 0 unspecified atom stereocenters. The van der Waals surface area contributed by atoms with Crippen molar-refractivity contribution < 1.29 is 4.79 Å². The Morgan fingerprint density at radius 2 is 1.71 bits per heavy atom. The van der Waals surface area contributed by atoms with E-state index in [-0.39, 0.29) is 11.9 Å². The van der Waals surface area contributed by atoms with Crippen molar-refractivity contribution in [1.82, 2.24) is 4.90 Å². The van der Waals surface area contributed by atoms with Gasteiger partial charge < -0.3 is 10.6 Å². The third-order valence-electron chi connectivity index (χ3n) is 3.15. The molecule has 0 aromatic rings. The van der Waals surface area contributed by atoms with E-state index in [0.29, 0.717) is 12.0 Å². The summed E-state index contributed by atoms with van der Waals surface area (Å²) in [7, 11) is 0. The molecule has 1 atom stereocenters. The van der Waals surface area contributed by atoms with Crippen LogP contribution >= 0.6 is 0 Å². The molecule has 0 bridgehead atoms. The van der Waals surface area contributed by atoms with Gasteiger partial charge in [0.15, 0.2) is 0 Å². The largest absolute Gasteiger partial charge is 0.338 e. The average Bonchev–Trinajstić information content (AvgIpc) is 2.28. The Morgan fingerprint density at radius 1 is 1.18 bits per heavy atom. The SMILES string of the molecule is CCC[C@H](N)C(=O)N(CC(C)C)C(CC)CC. The van der Waals surface area contributed by atoms with E-state index in [1.807, 2.05) is 4.90 Å². The lowest BCUT2D eigenvalue weighted by Crippen LogP contribution is -2.49. The smallest absolute Gasteiger partial charge is 0.239 e. The Kier molecular flexibility index (Phi) is 8.23. The van der Waals surface area contributed by atoms with E-state index >= 15 is 0 Å². The van der Waals surface area contributed by atoms with Crippen LogP contribution in [0.2, 0.25) is 0 Å². The van der Waals surface area contributed by atoms with Crippen LogP contribution in [0.4, 0.5) is 0 Å². The summed E-state index contributed by atoms with van der Waals surface area (Å²) in [6.07, 6.45) is 3.76. The van der Waals surface area contributed by atoms with Crippen LogP contribution in [-0.2, 0) is 4.79 Å². The molecule has 0 spiro atoms. The van der Waals surface area contributed by atoms with E-state index < -0.39 is 0 Å². The minimum Gasteiger partial charge on any atom is -0.338 e. The van der Waals surface area contributed by atoms with Crippen LogP contribution < -0.4 is 5.73 Å². The molecule has 0 heterocycles. The molecule has 0 radical (unpaired) electrons. The van der Waals surface area contributed by atoms with Gasteiger partial charge in [-0.1, -0.05) is 41.0 Å². The average molecular weight is 242 g/mol. The van der Waals surface area contributed by atoms with Gasteiger partial charge >= 0.3 is 0 Å². The lowest BCUT2D eigenvalue weighted by atomic mass is 10.0. The number of amides is 1. The second-order valence-electron chi connectivity index (χ2n) is 5.25. The van der Waals surface area contributed by atoms with Crippen molar-refractivity contribution >= 4 is 5.91 Å². The molecule has 3 nitrogen and oxygen atoms in total. The monoisotopic (exact) mass is 242 g/mol. The van der Waals surface area contributed by atoms with Crippen molar-refractivity contribution in [2.24, 2.45) is 11.7 Å². The van der Waals surface area contributed by atoms with Crippen LogP contribution in [0.1, 0.15) is 60.3 Å². The highest BCUT2D eigenvalue weighted by molar-refractivity contribution is 5.81. The Hall–Kier alpha value is -0.570. The maximum Gasteiger partial charge on any atom is 0.239 e. The first kappa shape index (κ1) is 16.4. The van der Waals surface area contributed by atoms with Crippen LogP contribution in [0.3, 0.4) is 0 Å². The summed E-state index contributed by atoms with van der Waals surface area (Å²) >= 11 is 0. The van der Waals surface area contributed by atoms with E-state index in [0.717, 1.165) is 32.2 Å². The van der Waals surface area contributed by atoms with Gasteiger partial charge in [0.05, 0.1) is 6.04 Å². The summed E-state index contributed by atoms with van der Waals surface area (Å²) in [5, 5.41) is 0. The molecule has 0 aliphatic carbocycles. The molecule has 0 rings (SSSR count). The highest BCUT2D eigenvalue weighted by Crippen LogP contribution is 2.14. The third-order valence-corrected chi connectivity index (χ3v) is 3.15. The maximum absolute atomic E-state index is 12.3. The summed E-state index contributed by atoms with van der Waals surface area (Å²) in [4.78, 5) is 14.3. The van der Waals surface area contributed by atoms with Crippen molar-refractivity contribution in [3.63, 3.8) is 0 Å². The van der Waals surface area contributed by atoms with Gasteiger partial charge in [0.2, 0.25) is 5.91 Å². The first-order valence-electron chi connectivity index (χ1n) is 7.03. The molecule has 0 aliphatic heterocycles. The molecule has 17 heavy (non-hydrogen) atoms. The topological polar surface area (TPSA) is 46.3 Å². The van der Waals surface area contributed by atoms with Gasteiger partial charge in [0.1, 0.15) is 0 Å². The van der Waals surface area contributed by atoms with E-state index in [1.54, 1.807) is 0 Å². The highest BCUT2D eigenvalue weighted by atomic mass is 16.2. The third kappa shape index (κ3) is 5.53. The molecule has 1 amide bonds. The summed E-state index contributed by atoms with van der Waals surface area (Å²) in [6, 6.07) is 0.0205. The minimum atomic E-state index is -0.320. The number of nitrogens with two attached hydrogens (primary N) is 1. The fraction of sp³-hybridized carbons (Fsp3) is 0.929. The number of carbonyl (C=O) groups is 1. The van der Waals surface area contributed by atoms with Crippen molar-refractivity contribution in [3.05, 3.63) is 0 Å². The summed E-state index contributed by atoms with van der Waals surface area (Å²) in [5.74, 6) is 0.627. The molecular weight excluding hydrogens is 212 g/mol. The van der Waals surface area contributed by atoms with Crippen LogP contribution in [0.5, 0.6) is 0 Å². The second kappa shape index (κ2) is 8.51. The van der Waals surface area contributed by atoms with Gasteiger partial charge in [0, 0.05) is 12.6 Å². The molecule has 102 valence electrons. The molecule has 0 saturated carbocycles. The zero-order valence-corrected chi connectivity index (χ0v) is 12.2. The van der Waals surface area contributed by atoms with Crippen LogP contribution in [-0.4, -0.2) is 29.4 Å². The molecule has 2 N–H and O–H groups in total.